The Labute approximate surface area is 507 Å². The highest BCUT2D eigenvalue weighted by atomic mass is 16.5. The van der Waals surface area contributed by atoms with Crippen LogP contribution in [0.5, 0.6) is 0 Å². The van der Waals surface area contributed by atoms with E-state index in [0.717, 1.165) is 37.9 Å². The highest BCUT2D eigenvalue weighted by Gasteiger charge is 2.33. The molecule has 0 saturated heterocycles. The zero-order chi connectivity index (χ0) is 64.0. The number of aliphatic hydroxyl groups is 1. The summed E-state index contributed by atoms with van der Waals surface area (Å²) in [6, 6.07) is -7.03. The number of aliphatic hydroxyl groups excluding tert-OH is 1. The lowest BCUT2D eigenvalue weighted by atomic mass is 10.0. The van der Waals surface area contributed by atoms with Crippen LogP contribution in [0.4, 0.5) is 0 Å². The van der Waals surface area contributed by atoms with Gasteiger partial charge in [0.1, 0.15) is 30.8 Å². The number of unbranched alkanes of at least 4 members (excludes halogenated alkanes) is 14. The van der Waals surface area contributed by atoms with Gasteiger partial charge < -0.3 is 72.7 Å². The van der Waals surface area contributed by atoms with Crippen LogP contribution in [0, 0.1) is 0 Å². The minimum Gasteiger partial charge on any atom is -0.480 e. The van der Waals surface area contributed by atoms with Crippen LogP contribution in [0.15, 0.2) is 12.5 Å². The second kappa shape index (κ2) is 46.7. The third-order valence-corrected chi connectivity index (χ3v) is 13.8. The van der Waals surface area contributed by atoms with E-state index in [-0.39, 0.29) is 63.7 Å². The van der Waals surface area contributed by atoms with Gasteiger partial charge >= 0.3 is 11.9 Å². The van der Waals surface area contributed by atoms with Crippen LogP contribution in [0.1, 0.15) is 167 Å². The number of H-pyrrole nitrogens is 2. The first-order valence-electron chi connectivity index (χ1n) is 30.3. The molecule has 0 fully saturated rings. The molecule has 0 aliphatic rings. The van der Waals surface area contributed by atoms with E-state index in [2.05, 4.69) is 67.8 Å². The molecule has 31 nitrogen and oxygen atoms in total. The molecule has 0 aromatic carbocycles. The van der Waals surface area contributed by atoms with E-state index in [4.69, 9.17) is 15.2 Å². The number of ketones is 1. The lowest BCUT2D eigenvalue weighted by Crippen LogP contribution is -2.60. The van der Waals surface area contributed by atoms with Gasteiger partial charge in [0.05, 0.1) is 58.4 Å². The number of aromatic nitrogens is 6. The van der Waals surface area contributed by atoms with Crippen LogP contribution in [0.2, 0.25) is 0 Å². The number of nitrogens with zero attached hydrogens (tertiary/aromatic N) is 5. The van der Waals surface area contributed by atoms with Crippen molar-refractivity contribution in [1.82, 2.24) is 72.7 Å². The fourth-order valence-electron chi connectivity index (χ4n) is 9.01. The Hall–Kier alpha value is -7.51. The van der Waals surface area contributed by atoms with Crippen molar-refractivity contribution in [2.24, 2.45) is 5.73 Å². The summed E-state index contributed by atoms with van der Waals surface area (Å²) in [5.41, 5.74) is 5.72. The van der Waals surface area contributed by atoms with Crippen molar-refractivity contribution in [3.8, 4) is 0 Å². The molecule has 2 aromatic rings. The van der Waals surface area contributed by atoms with E-state index in [1.54, 1.807) is 0 Å². The summed E-state index contributed by atoms with van der Waals surface area (Å²) >= 11 is 0. The summed E-state index contributed by atoms with van der Waals surface area (Å²) in [5.74, 6) is -8.37. The van der Waals surface area contributed by atoms with Gasteiger partial charge in [0.2, 0.25) is 47.3 Å². The van der Waals surface area contributed by atoms with Crippen molar-refractivity contribution < 1.29 is 77.5 Å². The molecule has 2 heterocycles. The molecule has 0 saturated carbocycles. The number of nitrogens with one attached hydrogen (secondary N) is 9. The summed E-state index contributed by atoms with van der Waals surface area (Å²) < 4.78 is 10.8. The number of ether oxygens (including phenoxy) is 2. The van der Waals surface area contributed by atoms with Gasteiger partial charge in [-0.05, 0) is 58.4 Å². The number of hydrogen-bond acceptors (Lipinski definition) is 19. The summed E-state index contributed by atoms with van der Waals surface area (Å²) in [7, 11) is 0. The molecule has 490 valence electrons. The molecule has 0 spiro atoms. The van der Waals surface area contributed by atoms with Gasteiger partial charge in [-0.2, -0.15) is 5.21 Å². The Morgan fingerprint density at radius 1 is 0.609 bits per heavy atom. The molecule has 0 bridgehead atoms. The first-order chi connectivity index (χ1) is 41.8. The summed E-state index contributed by atoms with van der Waals surface area (Å²) in [4.78, 5) is 148. The number of imidazole rings is 1. The fourth-order valence-corrected chi connectivity index (χ4v) is 9.01. The van der Waals surface area contributed by atoms with Crippen molar-refractivity contribution in [3.63, 3.8) is 0 Å². The standard InChI is InChI=1S/C56H95N15O16/c1-3-4-20-41(39(2)73)63-53(82)42(21-18-19-27-71(34-51(78)79)35-52(80)81)64-55(84)44(31-40-32-58-38-61-40)66-54(83)43(24-25-46(57)74)65-56(85)45(36-72)62-49(76)33-60-50(77)37-87-30-29-86-28-26-59-48(75)23-17-15-13-11-9-7-5-6-8-10-12-14-16-22-47-67-69-70-68-47/h32,38,41-45,72H,3-31,33-37H2,1-2H3,(H2,57,74)(H,58,61)(H,59,75)(H,60,77)(H,62,76)(H,63,82)(H,64,84)(H,65,85)(H,66,83)(H,78,79)(H,80,81)(H,67,68,69,70)/t41-,42-,43-,44-,45-/m0/s1. The van der Waals surface area contributed by atoms with Gasteiger partial charge in [-0.3, -0.25) is 57.6 Å². The van der Waals surface area contributed by atoms with E-state index < -0.39 is 129 Å². The molecule has 87 heavy (non-hydrogen) atoms. The third kappa shape index (κ3) is 37.6. The Morgan fingerprint density at radius 3 is 1.74 bits per heavy atom. The summed E-state index contributed by atoms with van der Waals surface area (Å²) in [6.45, 7) is 0.710. The molecule has 0 radical (unpaired) electrons. The zero-order valence-corrected chi connectivity index (χ0v) is 50.5. The molecule has 2 rings (SSSR count). The van der Waals surface area contributed by atoms with Gasteiger partial charge in [-0.15, -0.1) is 10.2 Å². The quantitative estimate of drug-likeness (QED) is 0.0373. The number of primary amides is 1. The van der Waals surface area contributed by atoms with Crippen molar-refractivity contribution in [1.29, 1.82) is 0 Å². The Morgan fingerprint density at radius 2 is 1.17 bits per heavy atom. The minimum atomic E-state index is -1.68. The van der Waals surface area contributed by atoms with E-state index in [9.17, 15) is 68.1 Å². The number of tetrazole rings is 1. The highest BCUT2D eigenvalue weighted by molar-refractivity contribution is 5.97. The first kappa shape index (κ1) is 75.6. The molecule has 0 aliphatic heterocycles. The maximum Gasteiger partial charge on any atom is 0.317 e. The van der Waals surface area contributed by atoms with Gasteiger partial charge in [0, 0.05) is 44.1 Å². The van der Waals surface area contributed by atoms with Crippen molar-refractivity contribution in [2.75, 3.05) is 65.8 Å². The minimum absolute atomic E-state index is 0.0106. The smallest absolute Gasteiger partial charge is 0.317 e. The number of rotatable bonds is 54. The maximum atomic E-state index is 14.2. The lowest BCUT2D eigenvalue weighted by molar-refractivity contribution is -0.142. The van der Waals surface area contributed by atoms with Gasteiger partial charge in [-0.25, -0.2) is 4.98 Å². The lowest BCUT2D eigenvalue weighted by Gasteiger charge is -2.27. The van der Waals surface area contributed by atoms with Gasteiger partial charge in [-0.1, -0.05) is 95.6 Å². The van der Waals surface area contributed by atoms with E-state index in [1.807, 2.05) is 6.92 Å². The van der Waals surface area contributed by atoms with Crippen LogP contribution in [-0.4, -0.2) is 212 Å². The van der Waals surface area contributed by atoms with Crippen molar-refractivity contribution >= 4 is 65.0 Å². The zero-order valence-electron chi connectivity index (χ0n) is 50.5. The predicted molar refractivity (Wildman–Crippen MR) is 313 cm³/mol. The predicted octanol–water partition coefficient (Wildman–Crippen LogP) is -0.463. The molecule has 5 atom stereocenters. The summed E-state index contributed by atoms with van der Waals surface area (Å²) in [5, 5.41) is 60.2. The molecular formula is C56H95N15O16. The number of carbonyl (C=O) groups is 11. The number of Topliss-reactive ketones (excluding diaryl/α,β-unsaturated/α-hetero) is 1. The summed E-state index contributed by atoms with van der Waals surface area (Å²) in [6.07, 6.45) is 19.9. The third-order valence-electron chi connectivity index (χ3n) is 13.8. The molecule has 8 amide bonds. The number of carbonyl (C=O) groups excluding carboxylic acids is 9. The van der Waals surface area contributed by atoms with Crippen LogP contribution in [0.3, 0.4) is 0 Å². The molecular weight excluding hydrogens is 1140 g/mol. The number of aryl methyl sites for hydroxylation is 1. The number of nitrogens with two attached hydrogens (primary N) is 1. The number of amides is 8. The second-order valence-corrected chi connectivity index (χ2v) is 21.3. The van der Waals surface area contributed by atoms with Crippen molar-refractivity contribution in [2.45, 2.75) is 198 Å². The molecule has 31 heteroatoms. The van der Waals surface area contributed by atoms with Crippen molar-refractivity contribution in [3.05, 3.63) is 24.0 Å². The Balaban J connectivity index is 1.82. The van der Waals surface area contributed by atoms with Gasteiger partial charge in [0.15, 0.2) is 11.6 Å². The maximum absolute atomic E-state index is 14.2. The molecule has 2 aromatic heterocycles. The topological polar surface area (TPSA) is 464 Å². The average molecular weight is 1230 g/mol. The highest BCUT2D eigenvalue weighted by Crippen LogP contribution is 2.14. The normalized spacial score (nSPS) is 12.9. The fraction of sp³-hybridized carbons (Fsp3) is 0.732. The number of aromatic amines is 2. The largest absolute Gasteiger partial charge is 0.480 e. The number of hydrogen-bond donors (Lipinski definition) is 13. The number of carboxylic acid groups (broad SMARTS) is 2. The van der Waals surface area contributed by atoms with Crippen LogP contribution in [-0.2, 0) is 75.1 Å². The first-order valence-corrected chi connectivity index (χ1v) is 30.3. The second-order valence-electron chi connectivity index (χ2n) is 21.3. The Bertz CT molecular complexity index is 2330. The molecule has 14 N–H and O–H groups in total. The van der Waals surface area contributed by atoms with Crippen LogP contribution >= 0.6 is 0 Å². The van der Waals surface area contributed by atoms with Gasteiger partial charge in [0.25, 0.3) is 0 Å². The number of carboxylic acids is 2. The van der Waals surface area contributed by atoms with Crippen LogP contribution < -0.4 is 43.0 Å². The van der Waals surface area contributed by atoms with E-state index >= 15 is 0 Å². The van der Waals surface area contributed by atoms with Crippen LogP contribution in [0.25, 0.3) is 0 Å². The number of aliphatic carboxylic acids is 2. The SMILES string of the molecule is CCCC[C@H](NC(=O)[C@H](CCCCN(CC(=O)O)CC(=O)O)NC(=O)[C@H](Cc1cnc[nH]1)NC(=O)[C@H](CCC(N)=O)NC(=O)[C@H](CO)NC(=O)CNC(=O)COCCOCCNC(=O)CCCCCCCCCCCCCCCc1nn[nH]n1)C(C)=O. The molecule has 0 unspecified atom stereocenters. The average Bonchev–Trinajstić information content (AvgIpc) is 4.37. The van der Waals surface area contributed by atoms with E-state index in [1.165, 1.54) is 82.1 Å². The molecule has 0 aliphatic carbocycles. The van der Waals surface area contributed by atoms with E-state index in [0.29, 0.717) is 37.9 Å². The monoisotopic (exact) mass is 1230 g/mol. The Kier molecular flexibility index (Phi) is 40.6.